The Hall–Kier alpha value is -3.85. The van der Waals surface area contributed by atoms with Crippen LogP contribution < -0.4 is 14.4 Å². The molecule has 3 aromatic rings. The summed E-state index contributed by atoms with van der Waals surface area (Å²) >= 11 is 0. The van der Waals surface area contributed by atoms with Crippen LogP contribution in [0.15, 0.2) is 77.7 Å². The van der Waals surface area contributed by atoms with Gasteiger partial charge in [0.25, 0.3) is 10.0 Å². The zero-order valence-electron chi connectivity index (χ0n) is 23.3. The second kappa shape index (κ2) is 12.8. The molecule has 0 unspecified atom stereocenters. The Kier molecular flexibility index (Phi) is 9.75. The summed E-state index contributed by atoms with van der Waals surface area (Å²) in [5, 5.41) is 2.85. The maximum atomic E-state index is 13.9. The van der Waals surface area contributed by atoms with Crippen molar-refractivity contribution in [3.63, 3.8) is 0 Å². The highest BCUT2D eigenvalue weighted by atomic mass is 32.2. The monoisotopic (exact) mass is 551 g/mol. The van der Waals surface area contributed by atoms with Crippen LogP contribution >= 0.6 is 0 Å². The largest absolute Gasteiger partial charge is 0.497 e. The minimum absolute atomic E-state index is 0.0624. The average Bonchev–Trinajstić information content (AvgIpc) is 2.90. The lowest BCUT2D eigenvalue weighted by Crippen LogP contribution is -2.52. The van der Waals surface area contributed by atoms with Crippen molar-refractivity contribution < 1.29 is 22.7 Å². The number of carbonyl (C=O) groups excluding carboxylic acids is 2. The number of sulfonamides is 1. The molecule has 1 atom stereocenters. The normalized spacial score (nSPS) is 12.1. The van der Waals surface area contributed by atoms with E-state index in [1.807, 2.05) is 52.0 Å². The average molecular weight is 552 g/mol. The van der Waals surface area contributed by atoms with Crippen LogP contribution in [0.3, 0.4) is 0 Å². The van der Waals surface area contributed by atoms with Crippen molar-refractivity contribution in [1.82, 2.24) is 10.2 Å². The van der Waals surface area contributed by atoms with Crippen LogP contribution in [0.2, 0.25) is 0 Å². The van der Waals surface area contributed by atoms with Crippen LogP contribution in [0.25, 0.3) is 0 Å². The molecule has 39 heavy (non-hydrogen) atoms. The second-order valence-corrected chi connectivity index (χ2v) is 11.7. The molecule has 0 aliphatic carbocycles. The first-order valence-corrected chi connectivity index (χ1v) is 14.2. The quantitative estimate of drug-likeness (QED) is 0.380. The molecule has 3 aromatic carbocycles. The molecule has 8 nitrogen and oxygen atoms in total. The maximum absolute atomic E-state index is 13.9. The molecule has 0 radical (unpaired) electrons. The standard InChI is InChI=1S/C30H37N3O5S/c1-21(2)31-30(35)24(5)32(19-25-11-7-22(3)8-12-25)29(34)20-33(26-13-15-27(38-6)16-14-26)39(36,37)28-17-9-23(4)10-18-28/h7-18,21,24H,19-20H2,1-6H3,(H,31,35)/t24-/m0/s1. The van der Waals surface area contributed by atoms with Crippen molar-refractivity contribution in [1.29, 1.82) is 0 Å². The zero-order chi connectivity index (χ0) is 28.7. The smallest absolute Gasteiger partial charge is 0.264 e. The number of nitrogens with one attached hydrogen (secondary N) is 1. The molecular formula is C30H37N3O5S. The van der Waals surface area contributed by atoms with Gasteiger partial charge in [-0.1, -0.05) is 47.5 Å². The lowest BCUT2D eigenvalue weighted by molar-refractivity contribution is -0.139. The molecule has 2 amide bonds. The van der Waals surface area contributed by atoms with Gasteiger partial charge in [0.15, 0.2) is 0 Å². The van der Waals surface area contributed by atoms with Gasteiger partial charge in [-0.05, 0) is 76.6 Å². The highest BCUT2D eigenvalue weighted by Gasteiger charge is 2.32. The number of rotatable bonds is 11. The number of nitrogens with zero attached hydrogens (tertiary/aromatic N) is 2. The van der Waals surface area contributed by atoms with Crippen LogP contribution in [0.4, 0.5) is 5.69 Å². The molecule has 0 saturated heterocycles. The molecule has 3 rings (SSSR count). The molecule has 0 fully saturated rings. The summed E-state index contributed by atoms with van der Waals surface area (Å²) in [5.41, 5.74) is 3.11. The van der Waals surface area contributed by atoms with Gasteiger partial charge in [0.05, 0.1) is 17.7 Å². The number of ether oxygens (including phenoxy) is 1. The Bertz CT molecular complexity index is 1370. The van der Waals surface area contributed by atoms with Crippen molar-refractivity contribution in [2.24, 2.45) is 0 Å². The Morgan fingerprint density at radius 2 is 1.38 bits per heavy atom. The van der Waals surface area contributed by atoms with E-state index >= 15 is 0 Å². The van der Waals surface area contributed by atoms with Gasteiger partial charge in [-0.2, -0.15) is 0 Å². The van der Waals surface area contributed by atoms with Crippen molar-refractivity contribution in [2.75, 3.05) is 18.0 Å². The van der Waals surface area contributed by atoms with Gasteiger partial charge in [0, 0.05) is 12.6 Å². The summed E-state index contributed by atoms with van der Waals surface area (Å²) in [6.07, 6.45) is 0. The number of amides is 2. The molecule has 1 N–H and O–H groups in total. The number of hydrogen-bond acceptors (Lipinski definition) is 5. The van der Waals surface area contributed by atoms with Gasteiger partial charge in [-0.15, -0.1) is 0 Å². The predicted molar refractivity (Wildman–Crippen MR) is 153 cm³/mol. The topological polar surface area (TPSA) is 96.0 Å². The first-order valence-electron chi connectivity index (χ1n) is 12.8. The van der Waals surface area contributed by atoms with Crippen LogP contribution in [0.1, 0.15) is 37.5 Å². The summed E-state index contributed by atoms with van der Waals surface area (Å²) < 4.78 is 34.0. The van der Waals surface area contributed by atoms with E-state index in [0.29, 0.717) is 11.4 Å². The van der Waals surface area contributed by atoms with Crippen LogP contribution in [-0.4, -0.2) is 50.9 Å². The molecule has 0 aromatic heterocycles. The number of benzene rings is 3. The Morgan fingerprint density at radius 1 is 0.846 bits per heavy atom. The predicted octanol–water partition coefficient (Wildman–Crippen LogP) is 4.45. The number of hydrogen-bond donors (Lipinski definition) is 1. The van der Waals surface area contributed by atoms with Gasteiger partial charge < -0.3 is 15.0 Å². The minimum Gasteiger partial charge on any atom is -0.497 e. The molecular weight excluding hydrogens is 514 g/mol. The molecule has 0 bridgehead atoms. The highest BCUT2D eigenvalue weighted by molar-refractivity contribution is 7.92. The Labute approximate surface area is 231 Å². The van der Waals surface area contributed by atoms with E-state index in [1.165, 1.54) is 24.1 Å². The van der Waals surface area contributed by atoms with Crippen molar-refractivity contribution in [2.45, 2.75) is 58.1 Å². The first-order chi connectivity index (χ1) is 18.4. The molecule has 0 heterocycles. The molecule has 0 aliphatic heterocycles. The summed E-state index contributed by atoms with van der Waals surface area (Å²) in [6.45, 7) is 8.82. The lowest BCUT2D eigenvalue weighted by atomic mass is 10.1. The Balaban J connectivity index is 2.03. The van der Waals surface area contributed by atoms with Gasteiger partial charge >= 0.3 is 0 Å². The zero-order valence-corrected chi connectivity index (χ0v) is 24.2. The fourth-order valence-electron chi connectivity index (χ4n) is 3.99. The summed E-state index contributed by atoms with van der Waals surface area (Å²) in [4.78, 5) is 28.4. The van der Waals surface area contributed by atoms with E-state index in [9.17, 15) is 18.0 Å². The van der Waals surface area contributed by atoms with Crippen molar-refractivity contribution >= 4 is 27.5 Å². The second-order valence-electron chi connectivity index (χ2n) is 9.87. The highest BCUT2D eigenvalue weighted by Crippen LogP contribution is 2.27. The number of methoxy groups -OCH3 is 1. The number of aryl methyl sites for hydroxylation is 2. The van der Waals surface area contributed by atoms with Crippen molar-refractivity contribution in [3.05, 3.63) is 89.5 Å². The van der Waals surface area contributed by atoms with Gasteiger partial charge in [0.2, 0.25) is 11.8 Å². The molecule has 208 valence electrons. The Morgan fingerprint density at radius 3 is 1.90 bits per heavy atom. The molecule has 0 spiro atoms. The number of anilines is 1. The molecule has 0 saturated carbocycles. The molecule has 9 heteroatoms. The van der Waals surface area contributed by atoms with Crippen LogP contribution in [0.5, 0.6) is 5.75 Å². The van der Waals surface area contributed by atoms with E-state index in [2.05, 4.69) is 5.32 Å². The summed E-state index contributed by atoms with van der Waals surface area (Å²) in [7, 11) is -2.60. The number of carbonyl (C=O) groups is 2. The van der Waals surface area contributed by atoms with E-state index < -0.39 is 28.5 Å². The summed E-state index contributed by atoms with van der Waals surface area (Å²) in [5.74, 6) is -0.269. The van der Waals surface area contributed by atoms with Gasteiger partial charge in [-0.25, -0.2) is 8.42 Å². The van der Waals surface area contributed by atoms with E-state index in [4.69, 9.17) is 4.74 Å². The van der Waals surface area contributed by atoms with E-state index in [0.717, 1.165) is 21.0 Å². The third kappa shape index (κ3) is 7.60. The van der Waals surface area contributed by atoms with Crippen LogP contribution in [0, 0.1) is 13.8 Å². The van der Waals surface area contributed by atoms with Gasteiger partial charge in [0.1, 0.15) is 18.3 Å². The fraction of sp³-hybridized carbons (Fsp3) is 0.333. The third-order valence-electron chi connectivity index (χ3n) is 6.32. The maximum Gasteiger partial charge on any atom is 0.264 e. The SMILES string of the molecule is COc1ccc(N(CC(=O)N(Cc2ccc(C)cc2)[C@@H](C)C(=O)NC(C)C)S(=O)(=O)c2ccc(C)cc2)cc1. The van der Waals surface area contributed by atoms with E-state index in [-0.39, 0.29) is 23.4 Å². The fourth-order valence-corrected chi connectivity index (χ4v) is 5.41. The van der Waals surface area contributed by atoms with Crippen molar-refractivity contribution in [3.8, 4) is 5.75 Å². The third-order valence-corrected chi connectivity index (χ3v) is 8.11. The summed E-state index contributed by atoms with van der Waals surface area (Å²) in [6, 6.07) is 19.6. The first kappa shape index (κ1) is 29.7. The minimum atomic E-state index is -4.12. The van der Waals surface area contributed by atoms with Gasteiger partial charge in [-0.3, -0.25) is 13.9 Å². The van der Waals surface area contributed by atoms with Crippen LogP contribution in [-0.2, 0) is 26.2 Å². The lowest BCUT2D eigenvalue weighted by Gasteiger charge is -2.32. The molecule has 0 aliphatic rings. The van der Waals surface area contributed by atoms with E-state index in [1.54, 1.807) is 43.3 Å².